The van der Waals surface area contributed by atoms with Gasteiger partial charge in [-0.25, -0.2) is 18.7 Å². The summed E-state index contributed by atoms with van der Waals surface area (Å²) in [6.45, 7) is 3.17. The summed E-state index contributed by atoms with van der Waals surface area (Å²) < 4.78 is 33.9. The van der Waals surface area contributed by atoms with Crippen LogP contribution in [0.5, 0.6) is 0 Å². The molecular formula is C24H20F2N8. The summed E-state index contributed by atoms with van der Waals surface area (Å²) in [6, 6.07) is 5.23. The third-order valence-corrected chi connectivity index (χ3v) is 6.27. The molecule has 0 atom stereocenters. The summed E-state index contributed by atoms with van der Waals surface area (Å²) in [5.41, 5.74) is 8.60. The quantitative estimate of drug-likeness (QED) is 0.420. The highest BCUT2D eigenvalue weighted by atomic mass is 19.2. The van der Waals surface area contributed by atoms with E-state index in [1.165, 1.54) is 18.6 Å². The molecular weight excluding hydrogens is 438 g/mol. The van der Waals surface area contributed by atoms with E-state index >= 15 is 0 Å². The fourth-order valence-corrected chi connectivity index (χ4v) is 4.36. The second-order valence-electron chi connectivity index (χ2n) is 8.33. The first-order valence-electron chi connectivity index (χ1n) is 10.8. The van der Waals surface area contributed by atoms with Crippen LogP contribution in [0, 0.1) is 18.6 Å². The highest BCUT2D eigenvalue weighted by molar-refractivity contribution is 5.90. The fraction of sp³-hybridized carbons (Fsp3) is 0.167. The first-order chi connectivity index (χ1) is 16.5. The molecule has 10 heteroatoms. The maximum atomic E-state index is 14.9. The van der Waals surface area contributed by atoms with Crippen molar-refractivity contribution >= 4 is 28.1 Å². The normalized spacial score (nSPS) is 12.9. The Bertz CT molecular complexity index is 1570. The van der Waals surface area contributed by atoms with Gasteiger partial charge < -0.3 is 15.6 Å². The molecule has 5 heterocycles. The monoisotopic (exact) mass is 458 g/mol. The first-order valence-corrected chi connectivity index (χ1v) is 10.8. The van der Waals surface area contributed by atoms with Crippen LogP contribution in [0.25, 0.3) is 21.9 Å². The van der Waals surface area contributed by atoms with Crippen LogP contribution in [-0.2, 0) is 19.5 Å². The Kier molecular flexibility index (Phi) is 4.54. The van der Waals surface area contributed by atoms with Crippen molar-refractivity contribution < 1.29 is 8.78 Å². The Balaban J connectivity index is 1.36. The zero-order valence-corrected chi connectivity index (χ0v) is 18.3. The standard InChI is InChI=1S/C24H20F2N8/c1-13-17(9-28-11-19(13)27)16-6-14-7-20(30-10-18(14)24(26)23(16)25)31-21-8-15-2-4-33-5-3-29-22(33)12-34(15)32-21/h3,5-11H,2,4,12,27H2,1H3,(H,30,31,32). The van der Waals surface area contributed by atoms with Crippen molar-refractivity contribution in [1.82, 2.24) is 29.3 Å². The highest BCUT2D eigenvalue weighted by Gasteiger charge is 2.19. The maximum absolute atomic E-state index is 14.9. The number of pyridine rings is 2. The first kappa shape index (κ1) is 20.3. The number of nitrogens with zero attached hydrogens (tertiary/aromatic N) is 6. The van der Waals surface area contributed by atoms with E-state index in [1.807, 2.05) is 16.9 Å². The smallest absolute Gasteiger partial charge is 0.168 e. The number of rotatable bonds is 3. The molecule has 1 aliphatic heterocycles. The molecule has 0 amide bonds. The van der Waals surface area contributed by atoms with Crippen LogP contribution in [-0.4, -0.2) is 29.3 Å². The maximum Gasteiger partial charge on any atom is 0.168 e. The lowest BCUT2D eigenvalue weighted by Gasteiger charge is -2.12. The molecule has 0 spiro atoms. The minimum atomic E-state index is -0.961. The second-order valence-corrected chi connectivity index (χ2v) is 8.33. The topological polar surface area (TPSA) is 99.5 Å². The summed E-state index contributed by atoms with van der Waals surface area (Å²) in [6.07, 6.45) is 8.88. The Morgan fingerprint density at radius 2 is 1.88 bits per heavy atom. The minimum Gasteiger partial charge on any atom is -0.397 e. The molecule has 4 aromatic heterocycles. The number of hydrogen-bond donors (Lipinski definition) is 2. The molecule has 0 saturated carbocycles. The minimum absolute atomic E-state index is 0.0915. The molecule has 1 aromatic carbocycles. The number of halogens is 2. The van der Waals surface area contributed by atoms with Gasteiger partial charge in [-0.05, 0) is 30.0 Å². The van der Waals surface area contributed by atoms with E-state index in [2.05, 4.69) is 29.9 Å². The number of imidazole rings is 1. The fourth-order valence-electron chi connectivity index (χ4n) is 4.36. The Hall–Kier alpha value is -4.34. The van der Waals surface area contributed by atoms with Crippen molar-refractivity contribution in [1.29, 1.82) is 0 Å². The molecule has 34 heavy (non-hydrogen) atoms. The third kappa shape index (κ3) is 3.26. The lowest BCUT2D eigenvalue weighted by Crippen LogP contribution is -2.06. The largest absolute Gasteiger partial charge is 0.397 e. The van der Waals surface area contributed by atoms with Crippen LogP contribution in [0.2, 0.25) is 0 Å². The number of nitrogens with one attached hydrogen (secondary N) is 1. The van der Waals surface area contributed by atoms with Crippen LogP contribution < -0.4 is 11.1 Å². The van der Waals surface area contributed by atoms with E-state index in [1.54, 1.807) is 25.3 Å². The predicted molar refractivity (Wildman–Crippen MR) is 125 cm³/mol. The third-order valence-electron chi connectivity index (χ3n) is 6.27. The van der Waals surface area contributed by atoms with Crippen molar-refractivity contribution in [3.05, 3.63) is 77.9 Å². The number of fused-ring (bicyclic) bond motifs is 3. The molecule has 5 aromatic rings. The lowest BCUT2D eigenvalue weighted by atomic mass is 9.98. The van der Waals surface area contributed by atoms with Crippen LogP contribution in [0.1, 0.15) is 17.1 Å². The van der Waals surface area contributed by atoms with Gasteiger partial charge in [0, 0.05) is 66.0 Å². The zero-order chi connectivity index (χ0) is 23.4. The number of aryl methyl sites for hydroxylation is 2. The Morgan fingerprint density at radius 3 is 2.76 bits per heavy atom. The number of benzene rings is 1. The van der Waals surface area contributed by atoms with Crippen LogP contribution in [0.3, 0.4) is 0 Å². The Morgan fingerprint density at radius 1 is 1.00 bits per heavy atom. The average Bonchev–Trinajstić information content (AvgIpc) is 3.39. The number of hydrogen-bond acceptors (Lipinski definition) is 6. The molecule has 0 radical (unpaired) electrons. The molecule has 0 unspecified atom stereocenters. The van der Waals surface area contributed by atoms with E-state index in [9.17, 15) is 8.78 Å². The molecule has 1 aliphatic rings. The van der Waals surface area contributed by atoms with Crippen molar-refractivity contribution in [3.8, 4) is 11.1 Å². The van der Waals surface area contributed by atoms with Crippen molar-refractivity contribution in [3.63, 3.8) is 0 Å². The number of anilines is 3. The zero-order valence-electron chi connectivity index (χ0n) is 18.3. The highest BCUT2D eigenvalue weighted by Crippen LogP contribution is 2.34. The van der Waals surface area contributed by atoms with Gasteiger partial charge in [0.1, 0.15) is 11.6 Å². The SMILES string of the molecule is Cc1c(N)cncc1-c1cc2cc(Nc3cc4n(n3)Cc3nccn3CC4)ncc2c(F)c1F. The molecule has 6 rings (SSSR count). The van der Waals surface area contributed by atoms with Gasteiger partial charge in [0.15, 0.2) is 17.5 Å². The van der Waals surface area contributed by atoms with E-state index < -0.39 is 11.6 Å². The van der Waals surface area contributed by atoms with Gasteiger partial charge in [-0.2, -0.15) is 5.10 Å². The van der Waals surface area contributed by atoms with Crippen molar-refractivity contribution in [2.75, 3.05) is 11.1 Å². The summed E-state index contributed by atoms with van der Waals surface area (Å²) >= 11 is 0. The van der Waals surface area contributed by atoms with Crippen molar-refractivity contribution in [2.24, 2.45) is 0 Å². The molecule has 0 bridgehead atoms. The molecule has 0 fully saturated rings. The van der Waals surface area contributed by atoms with E-state index in [0.717, 1.165) is 24.5 Å². The molecule has 3 N–H and O–H groups in total. The number of nitrogens with two attached hydrogens (primary N) is 1. The van der Waals surface area contributed by atoms with Crippen LogP contribution in [0.15, 0.2) is 49.2 Å². The molecule has 170 valence electrons. The number of nitrogen functional groups attached to an aromatic ring is 1. The number of aromatic nitrogens is 6. The summed E-state index contributed by atoms with van der Waals surface area (Å²) in [5.74, 6) is 0.134. The summed E-state index contributed by atoms with van der Waals surface area (Å²) in [4.78, 5) is 12.7. The van der Waals surface area contributed by atoms with Gasteiger partial charge in [-0.3, -0.25) is 9.67 Å². The lowest BCUT2D eigenvalue weighted by molar-refractivity contribution is 0.519. The van der Waals surface area contributed by atoms with Gasteiger partial charge in [0.05, 0.1) is 18.4 Å². The van der Waals surface area contributed by atoms with Gasteiger partial charge in [0.2, 0.25) is 0 Å². The van der Waals surface area contributed by atoms with Crippen LogP contribution in [0.4, 0.5) is 26.1 Å². The second kappa shape index (κ2) is 7.62. The summed E-state index contributed by atoms with van der Waals surface area (Å²) in [7, 11) is 0. The predicted octanol–water partition coefficient (Wildman–Crippen LogP) is 4.21. The van der Waals surface area contributed by atoms with Gasteiger partial charge in [-0.1, -0.05) is 0 Å². The summed E-state index contributed by atoms with van der Waals surface area (Å²) in [5, 5.41) is 8.41. The van der Waals surface area contributed by atoms with E-state index in [4.69, 9.17) is 5.73 Å². The Labute approximate surface area is 193 Å². The van der Waals surface area contributed by atoms with Crippen LogP contribution >= 0.6 is 0 Å². The van der Waals surface area contributed by atoms with E-state index in [0.29, 0.717) is 40.4 Å². The molecule has 0 saturated heterocycles. The average molecular weight is 458 g/mol. The molecule has 0 aliphatic carbocycles. The molecule has 8 nitrogen and oxygen atoms in total. The van der Waals surface area contributed by atoms with Crippen molar-refractivity contribution in [2.45, 2.75) is 26.4 Å². The van der Waals surface area contributed by atoms with E-state index in [-0.39, 0.29) is 10.9 Å². The van der Waals surface area contributed by atoms with Gasteiger partial charge in [0.25, 0.3) is 0 Å². The van der Waals surface area contributed by atoms with Gasteiger partial charge >= 0.3 is 0 Å². The van der Waals surface area contributed by atoms with Gasteiger partial charge in [-0.15, -0.1) is 0 Å².